The van der Waals surface area contributed by atoms with Gasteiger partial charge in [0, 0.05) is 11.5 Å². The Balaban J connectivity index is 1.88. The fourth-order valence-corrected chi connectivity index (χ4v) is 3.58. The lowest BCUT2D eigenvalue weighted by molar-refractivity contribution is -0.691. The number of aryl methyl sites for hydroxylation is 1. The summed E-state index contributed by atoms with van der Waals surface area (Å²) in [6.45, 7) is 3.70. The standard InChI is InChI=1S/C23H25N4O3/c1-15-12-17(26(4)23(29)25(15)3)13-24-27(16(2)14-28)19-9-7-11-21-22(19)18-8-5-6-10-20(18)30-21/h5-13,16,28H,14H2,1-4H3/q+1. The van der Waals surface area contributed by atoms with Crippen LogP contribution in [0.4, 0.5) is 5.69 Å². The third kappa shape index (κ3) is 3.27. The van der Waals surface area contributed by atoms with E-state index in [0.29, 0.717) is 5.69 Å². The summed E-state index contributed by atoms with van der Waals surface area (Å²) >= 11 is 0. The highest BCUT2D eigenvalue weighted by Crippen LogP contribution is 2.36. The molecule has 7 heteroatoms. The molecule has 2 aromatic carbocycles. The van der Waals surface area contributed by atoms with Crippen LogP contribution < -0.4 is 15.3 Å². The molecule has 0 spiro atoms. The van der Waals surface area contributed by atoms with Crippen LogP contribution in [-0.2, 0) is 14.1 Å². The van der Waals surface area contributed by atoms with Gasteiger partial charge in [0.05, 0.1) is 44.0 Å². The number of aliphatic hydroxyl groups excluding tert-OH is 1. The molecule has 1 atom stereocenters. The molecule has 0 aliphatic carbocycles. The molecule has 154 valence electrons. The Bertz CT molecular complexity index is 1320. The van der Waals surface area contributed by atoms with Crippen molar-refractivity contribution in [3.05, 3.63) is 70.4 Å². The quantitative estimate of drug-likeness (QED) is 0.315. The maximum Gasteiger partial charge on any atom is 0.498 e. The second-order valence-electron chi connectivity index (χ2n) is 7.48. The predicted octanol–water partition coefficient (Wildman–Crippen LogP) is 2.64. The summed E-state index contributed by atoms with van der Waals surface area (Å²) in [6.07, 6.45) is 1.65. The second kappa shape index (κ2) is 7.76. The summed E-state index contributed by atoms with van der Waals surface area (Å²) in [6, 6.07) is 15.3. The molecular weight excluding hydrogens is 380 g/mol. The van der Waals surface area contributed by atoms with Crippen LogP contribution in [-0.4, -0.2) is 28.5 Å². The molecule has 2 heterocycles. The van der Waals surface area contributed by atoms with Gasteiger partial charge in [-0.15, -0.1) is 0 Å². The molecule has 7 nitrogen and oxygen atoms in total. The van der Waals surface area contributed by atoms with Gasteiger partial charge in [-0.2, -0.15) is 19.0 Å². The maximum atomic E-state index is 12.4. The predicted molar refractivity (Wildman–Crippen MR) is 118 cm³/mol. The molecular formula is C23H25N4O3+. The first-order valence-corrected chi connectivity index (χ1v) is 9.83. The van der Waals surface area contributed by atoms with Crippen LogP contribution in [0.15, 0.2) is 62.8 Å². The molecule has 0 fully saturated rings. The molecule has 1 unspecified atom stereocenters. The van der Waals surface area contributed by atoms with Gasteiger partial charge < -0.3 is 9.52 Å². The molecule has 0 aliphatic rings. The molecule has 0 aliphatic heterocycles. The van der Waals surface area contributed by atoms with E-state index < -0.39 is 0 Å². The highest BCUT2D eigenvalue weighted by molar-refractivity contribution is 6.11. The molecule has 0 bridgehead atoms. The Kier molecular flexibility index (Phi) is 5.13. The minimum atomic E-state index is -0.279. The lowest BCUT2D eigenvalue weighted by Crippen LogP contribution is -2.54. The number of aromatic nitrogens is 2. The van der Waals surface area contributed by atoms with Crippen molar-refractivity contribution in [3.8, 4) is 0 Å². The van der Waals surface area contributed by atoms with Crippen molar-refractivity contribution in [2.24, 2.45) is 19.2 Å². The van der Waals surface area contributed by atoms with Crippen LogP contribution in [0.3, 0.4) is 0 Å². The Morgan fingerprint density at radius 2 is 1.97 bits per heavy atom. The zero-order chi connectivity index (χ0) is 21.4. The number of nitrogens with zero attached hydrogens (tertiary/aromatic N) is 4. The van der Waals surface area contributed by atoms with Gasteiger partial charge in [0.25, 0.3) is 0 Å². The first-order valence-electron chi connectivity index (χ1n) is 9.83. The zero-order valence-electron chi connectivity index (χ0n) is 17.5. The van der Waals surface area contributed by atoms with Crippen LogP contribution in [0.25, 0.3) is 21.9 Å². The van der Waals surface area contributed by atoms with Crippen molar-refractivity contribution in [2.75, 3.05) is 11.6 Å². The number of anilines is 1. The molecule has 0 amide bonds. The van der Waals surface area contributed by atoms with E-state index >= 15 is 0 Å². The lowest BCUT2D eigenvalue weighted by atomic mass is 10.1. The number of fused-ring (bicyclic) bond motifs is 3. The number of benzene rings is 2. The van der Waals surface area contributed by atoms with E-state index in [9.17, 15) is 9.90 Å². The highest BCUT2D eigenvalue weighted by Gasteiger charge is 2.20. The van der Waals surface area contributed by atoms with E-state index in [-0.39, 0.29) is 18.3 Å². The van der Waals surface area contributed by atoms with E-state index in [2.05, 4.69) is 5.10 Å². The number of furan rings is 1. The van der Waals surface area contributed by atoms with E-state index in [0.717, 1.165) is 33.3 Å². The highest BCUT2D eigenvalue weighted by atomic mass is 16.3. The molecule has 2 aromatic heterocycles. The SMILES string of the molecule is Cc1cc(C=NN(c2cccc3oc4ccccc4c23)C(C)CO)[n+](C)c(=O)n1C. The van der Waals surface area contributed by atoms with Gasteiger partial charge in [-0.25, -0.2) is 0 Å². The lowest BCUT2D eigenvalue weighted by Gasteiger charge is -2.25. The summed E-state index contributed by atoms with van der Waals surface area (Å²) in [4.78, 5) is 12.4. The smallest absolute Gasteiger partial charge is 0.456 e. The Hall–Kier alpha value is -3.45. The summed E-state index contributed by atoms with van der Waals surface area (Å²) in [5.41, 5.74) is 3.78. The van der Waals surface area contributed by atoms with Crippen LogP contribution in [0.5, 0.6) is 0 Å². The molecule has 4 aromatic rings. The minimum Gasteiger partial charge on any atom is -0.456 e. The van der Waals surface area contributed by atoms with Crippen molar-refractivity contribution in [1.82, 2.24) is 4.57 Å². The average Bonchev–Trinajstić information content (AvgIpc) is 3.14. The van der Waals surface area contributed by atoms with E-state index in [1.54, 1.807) is 34.5 Å². The zero-order valence-corrected chi connectivity index (χ0v) is 17.5. The van der Waals surface area contributed by atoms with Gasteiger partial charge in [0.15, 0.2) is 5.69 Å². The van der Waals surface area contributed by atoms with E-state index in [1.807, 2.05) is 62.4 Å². The van der Waals surface area contributed by atoms with Crippen molar-refractivity contribution in [1.29, 1.82) is 0 Å². The van der Waals surface area contributed by atoms with Crippen LogP contribution >= 0.6 is 0 Å². The topological polar surface area (TPSA) is 74.8 Å². The van der Waals surface area contributed by atoms with Crippen molar-refractivity contribution in [2.45, 2.75) is 19.9 Å². The fourth-order valence-electron chi connectivity index (χ4n) is 3.58. The van der Waals surface area contributed by atoms with Gasteiger partial charge in [-0.1, -0.05) is 24.3 Å². The minimum absolute atomic E-state index is 0.0782. The van der Waals surface area contributed by atoms with Crippen LogP contribution in [0.1, 0.15) is 18.3 Å². The molecule has 0 saturated carbocycles. The van der Waals surface area contributed by atoms with E-state index in [1.165, 1.54) is 0 Å². The third-order valence-corrected chi connectivity index (χ3v) is 5.47. The number of hydrogen-bond acceptors (Lipinski definition) is 5. The van der Waals surface area contributed by atoms with Crippen LogP contribution in [0, 0.1) is 6.92 Å². The fraction of sp³-hybridized carbons (Fsp3) is 0.261. The van der Waals surface area contributed by atoms with Crippen molar-refractivity contribution < 1.29 is 14.1 Å². The van der Waals surface area contributed by atoms with Gasteiger partial charge in [-0.05, 0) is 32.0 Å². The molecule has 1 N–H and O–H groups in total. The number of rotatable bonds is 5. The van der Waals surface area contributed by atoms with E-state index in [4.69, 9.17) is 4.42 Å². The first-order chi connectivity index (χ1) is 14.4. The molecule has 30 heavy (non-hydrogen) atoms. The molecule has 0 saturated heterocycles. The average molecular weight is 405 g/mol. The first kappa shape index (κ1) is 19.8. The number of hydrogen-bond donors (Lipinski definition) is 1. The van der Waals surface area contributed by atoms with Gasteiger partial charge in [-0.3, -0.25) is 5.01 Å². The van der Waals surface area contributed by atoms with Gasteiger partial charge >= 0.3 is 5.69 Å². The Morgan fingerprint density at radius 3 is 2.73 bits per heavy atom. The van der Waals surface area contributed by atoms with Gasteiger partial charge in [0.2, 0.25) is 0 Å². The number of aliphatic hydroxyl groups is 1. The number of hydrazone groups is 1. The van der Waals surface area contributed by atoms with Crippen LogP contribution in [0.2, 0.25) is 0 Å². The monoisotopic (exact) mass is 405 g/mol. The summed E-state index contributed by atoms with van der Waals surface area (Å²) in [5, 5.41) is 18.3. The van der Waals surface area contributed by atoms with Crippen molar-refractivity contribution >= 4 is 33.8 Å². The number of para-hydroxylation sites is 1. The summed E-state index contributed by atoms with van der Waals surface area (Å²) in [7, 11) is 3.46. The summed E-state index contributed by atoms with van der Waals surface area (Å²) in [5.74, 6) is 0. The molecule has 0 radical (unpaired) electrons. The molecule has 4 rings (SSSR count). The van der Waals surface area contributed by atoms with Gasteiger partial charge in [0.1, 0.15) is 16.9 Å². The Labute approximate surface area is 174 Å². The largest absolute Gasteiger partial charge is 0.498 e. The Morgan fingerprint density at radius 1 is 1.23 bits per heavy atom. The normalized spacial score (nSPS) is 12.8. The maximum absolute atomic E-state index is 12.4. The summed E-state index contributed by atoms with van der Waals surface area (Å²) < 4.78 is 9.13. The third-order valence-electron chi connectivity index (χ3n) is 5.47. The van der Waals surface area contributed by atoms with Crippen molar-refractivity contribution in [3.63, 3.8) is 0 Å². The second-order valence-corrected chi connectivity index (χ2v) is 7.48.